The van der Waals surface area contributed by atoms with Gasteiger partial charge < -0.3 is 0 Å². The van der Waals surface area contributed by atoms with Crippen molar-refractivity contribution in [3.8, 4) is 0 Å². The molecule has 1 aliphatic carbocycles. The molecule has 1 aliphatic rings. The van der Waals surface area contributed by atoms with Crippen molar-refractivity contribution in [2.75, 3.05) is 0 Å². The fourth-order valence-corrected chi connectivity index (χ4v) is 1.64. The number of allylic oxidation sites excluding steroid dienone is 6. The van der Waals surface area contributed by atoms with E-state index in [0.29, 0.717) is 5.92 Å². The molecule has 0 aromatic heterocycles. The van der Waals surface area contributed by atoms with Gasteiger partial charge in [0.2, 0.25) is 0 Å². The second-order valence-corrected chi connectivity index (χ2v) is 3.62. The molecule has 0 nitrogen and oxygen atoms in total. The quantitative estimate of drug-likeness (QED) is 0.562. The summed E-state index contributed by atoms with van der Waals surface area (Å²) in [6, 6.07) is 0. The fourth-order valence-electron chi connectivity index (χ4n) is 1.64. The summed E-state index contributed by atoms with van der Waals surface area (Å²) in [5.74, 6) is 0.502. The van der Waals surface area contributed by atoms with E-state index < -0.39 is 0 Å². The molecule has 0 saturated carbocycles. The van der Waals surface area contributed by atoms with Gasteiger partial charge in [-0.05, 0) is 26.2 Å². The molecule has 0 fully saturated rings. The Morgan fingerprint density at radius 3 is 2.33 bits per heavy atom. The highest BCUT2D eigenvalue weighted by Gasteiger charge is 2.10. The molecule has 0 N–H and O–H groups in total. The van der Waals surface area contributed by atoms with E-state index in [9.17, 15) is 0 Å². The summed E-state index contributed by atoms with van der Waals surface area (Å²) in [6.45, 7) is 13.8. The Balaban J connectivity index is 0.000000921. The molecule has 0 heteroatoms. The molecule has 84 valence electrons. The van der Waals surface area contributed by atoms with Crippen molar-refractivity contribution in [2.24, 2.45) is 5.92 Å². The van der Waals surface area contributed by atoms with Crippen molar-refractivity contribution >= 4 is 0 Å². The van der Waals surface area contributed by atoms with Gasteiger partial charge in [-0.2, -0.15) is 0 Å². The van der Waals surface area contributed by atoms with Crippen molar-refractivity contribution in [1.29, 1.82) is 0 Å². The molecule has 0 aromatic rings. The van der Waals surface area contributed by atoms with Gasteiger partial charge in [-0.3, -0.25) is 0 Å². The molecule has 0 saturated heterocycles. The van der Waals surface area contributed by atoms with Crippen molar-refractivity contribution in [1.82, 2.24) is 0 Å². The summed E-state index contributed by atoms with van der Waals surface area (Å²) in [6.07, 6.45) is 11.9. The van der Waals surface area contributed by atoms with Crippen LogP contribution in [0.4, 0.5) is 0 Å². The van der Waals surface area contributed by atoms with E-state index in [1.807, 2.05) is 26.0 Å². The first-order chi connectivity index (χ1) is 7.27. The molecule has 1 unspecified atom stereocenters. The zero-order valence-corrected chi connectivity index (χ0v) is 10.4. The van der Waals surface area contributed by atoms with Crippen LogP contribution >= 0.6 is 0 Å². The lowest BCUT2D eigenvalue weighted by molar-refractivity contribution is 0.709. The summed E-state index contributed by atoms with van der Waals surface area (Å²) in [5, 5.41) is 0. The molecular formula is C15H24. The third-order valence-corrected chi connectivity index (χ3v) is 2.57. The lowest BCUT2D eigenvalue weighted by Gasteiger charge is -2.18. The molecule has 0 spiro atoms. The van der Waals surface area contributed by atoms with Crippen LogP contribution in [0.1, 0.15) is 40.0 Å². The lowest BCUT2D eigenvalue weighted by atomic mass is 9.88. The van der Waals surface area contributed by atoms with Crippen LogP contribution in [0.5, 0.6) is 0 Å². The average Bonchev–Trinajstić information content (AvgIpc) is 2.30. The highest BCUT2D eigenvalue weighted by Crippen LogP contribution is 2.26. The molecule has 0 aromatic carbocycles. The number of hydrogen-bond donors (Lipinski definition) is 0. The minimum atomic E-state index is 0.502. The van der Waals surface area contributed by atoms with Crippen molar-refractivity contribution in [3.63, 3.8) is 0 Å². The highest BCUT2D eigenvalue weighted by atomic mass is 14.2. The monoisotopic (exact) mass is 204 g/mol. The second kappa shape index (κ2) is 8.28. The van der Waals surface area contributed by atoms with Gasteiger partial charge in [-0.25, -0.2) is 0 Å². The van der Waals surface area contributed by atoms with Gasteiger partial charge in [0.25, 0.3) is 0 Å². The molecule has 0 aliphatic heterocycles. The van der Waals surface area contributed by atoms with Gasteiger partial charge in [0, 0.05) is 5.92 Å². The molecule has 15 heavy (non-hydrogen) atoms. The first kappa shape index (κ1) is 14.0. The Labute approximate surface area is 95.1 Å². The summed E-state index contributed by atoms with van der Waals surface area (Å²) >= 11 is 0. The minimum Gasteiger partial charge on any atom is -0.103 e. The standard InChI is InChI=1S/C13H18.C2H6/c1-4-6-12(5-2)13-9-7-11(3)8-10-13;1-2/h4-5,7,9,12H,1-2,6,8,10H2,3H3;1-2H3. The van der Waals surface area contributed by atoms with E-state index >= 15 is 0 Å². The van der Waals surface area contributed by atoms with Crippen molar-refractivity contribution in [2.45, 2.75) is 40.0 Å². The Kier molecular flexibility index (Phi) is 7.71. The van der Waals surface area contributed by atoms with E-state index in [0.717, 1.165) is 6.42 Å². The Morgan fingerprint density at radius 1 is 1.27 bits per heavy atom. The largest absolute Gasteiger partial charge is 0.103 e. The smallest absolute Gasteiger partial charge is 0.00117 e. The SMILES string of the molecule is C=CCC(C=C)C1=CC=C(C)CC1.CC. The third-order valence-electron chi connectivity index (χ3n) is 2.57. The summed E-state index contributed by atoms with van der Waals surface area (Å²) < 4.78 is 0. The van der Waals surface area contributed by atoms with E-state index in [1.165, 1.54) is 24.0 Å². The third kappa shape index (κ3) is 4.83. The Bertz CT molecular complexity index is 253. The minimum absolute atomic E-state index is 0.502. The van der Waals surface area contributed by atoms with Crippen LogP contribution in [-0.2, 0) is 0 Å². The second-order valence-electron chi connectivity index (χ2n) is 3.62. The summed E-state index contributed by atoms with van der Waals surface area (Å²) in [5.41, 5.74) is 2.98. The van der Waals surface area contributed by atoms with Crippen LogP contribution in [0, 0.1) is 5.92 Å². The summed E-state index contributed by atoms with van der Waals surface area (Å²) in [7, 11) is 0. The molecule has 1 rings (SSSR count). The van der Waals surface area contributed by atoms with Gasteiger partial charge in [0.05, 0.1) is 0 Å². The lowest BCUT2D eigenvalue weighted by Crippen LogP contribution is -2.02. The molecular weight excluding hydrogens is 180 g/mol. The van der Waals surface area contributed by atoms with Crippen molar-refractivity contribution < 1.29 is 0 Å². The van der Waals surface area contributed by atoms with Crippen LogP contribution in [0.25, 0.3) is 0 Å². The van der Waals surface area contributed by atoms with E-state index in [2.05, 4.69) is 32.2 Å². The number of rotatable bonds is 4. The molecule has 0 radical (unpaired) electrons. The predicted molar refractivity (Wildman–Crippen MR) is 70.9 cm³/mol. The van der Waals surface area contributed by atoms with Gasteiger partial charge in [0.1, 0.15) is 0 Å². The first-order valence-electron chi connectivity index (χ1n) is 5.87. The maximum Gasteiger partial charge on any atom is 0.00117 e. The zero-order chi connectivity index (χ0) is 11.7. The fraction of sp³-hybridized carbons (Fsp3) is 0.467. The highest BCUT2D eigenvalue weighted by molar-refractivity contribution is 5.26. The maximum atomic E-state index is 3.86. The Morgan fingerprint density at radius 2 is 1.93 bits per heavy atom. The van der Waals surface area contributed by atoms with E-state index in [4.69, 9.17) is 0 Å². The van der Waals surface area contributed by atoms with Gasteiger partial charge >= 0.3 is 0 Å². The van der Waals surface area contributed by atoms with Crippen LogP contribution in [0.15, 0.2) is 48.6 Å². The van der Waals surface area contributed by atoms with Gasteiger partial charge in [-0.15, -0.1) is 13.2 Å². The van der Waals surface area contributed by atoms with E-state index in [-0.39, 0.29) is 0 Å². The molecule has 1 atom stereocenters. The summed E-state index contributed by atoms with van der Waals surface area (Å²) in [4.78, 5) is 0. The normalized spacial score (nSPS) is 16.5. The van der Waals surface area contributed by atoms with Crippen LogP contribution in [0.2, 0.25) is 0 Å². The van der Waals surface area contributed by atoms with Crippen LogP contribution in [-0.4, -0.2) is 0 Å². The zero-order valence-electron chi connectivity index (χ0n) is 10.4. The average molecular weight is 204 g/mol. The van der Waals surface area contributed by atoms with E-state index in [1.54, 1.807) is 0 Å². The first-order valence-corrected chi connectivity index (χ1v) is 5.87. The topological polar surface area (TPSA) is 0 Å². The number of hydrogen-bond acceptors (Lipinski definition) is 0. The predicted octanol–water partition coefficient (Wildman–Crippen LogP) is 5.06. The van der Waals surface area contributed by atoms with Crippen molar-refractivity contribution in [3.05, 3.63) is 48.6 Å². The molecule has 0 amide bonds. The Hall–Kier alpha value is -1.04. The van der Waals surface area contributed by atoms with Gasteiger partial charge in [0.15, 0.2) is 0 Å². The molecule has 0 heterocycles. The molecule has 0 bridgehead atoms. The van der Waals surface area contributed by atoms with Gasteiger partial charge in [-0.1, -0.05) is 49.3 Å². The van der Waals surface area contributed by atoms with Crippen LogP contribution in [0.3, 0.4) is 0 Å². The van der Waals surface area contributed by atoms with Crippen LogP contribution < -0.4 is 0 Å². The maximum absolute atomic E-state index is 3.86.